The Morgan fingerprint density at radius 2 is 1.67 bits per heavy atom. The van der Waals surface area contributed by atoms with Gasteiger partial charge < -0.3 is 4.90 Å². The minimum atomic E-state index is -3.60. The molecule has 112 valence electrons. The molecule has 0 aliphatic rings. The molecular formula is C15H17BrN2O2S. The van der Waals surface area contributed by atoms with Gasteiger partial charge in [-0.1, -0.05) is 33.6 Å². The van der Waals surface area contributed by atoms with Crippen LogP contribution in [0, 0.1) is 6.92 Å². The summed E-state index contributed by atoms with van der Waals surface area (Å²) in [7, 11) is 0.136. The molecule has 0 aliphatic carbocycles. The number of sulfonamides is 1. The topological polar surface area (TPSA) is 49.4 Å². The zero-order chi connectivity index (χ0) is 15.6. The maximum absolute atomic E-state index is 12.5. The minimum Gasteiger partial charge on any atom is -0.376 e. The number of rotatable bonds is 4. The van der Waals surface area contributed by atoms with Gasteiger partial charge in [-0.15, -0.1) is 0 Å². The lowest BCUT2D eigenvalue weighted by atomic mass is 10.2. The lowest BCUT2D eigenvalue weighted by Crippen LogP contribution is -2.17. The van der Waals surface area contributed by atoms with Crippen LogP contribution in [0.3, 0.4) is 0 Å². The van der Waals surface area contributed by atoms with E-state index in [-0.39, 0.29) is 4.90 Å². The molecule has 0 fully saturated rings. The first-order chi connectivity index (χ1) is 9.79. The van der Waals surface area contributed by atoms with Gasteiger partial charge in [0.2, 0.25) is 0 Å². The smallest absolute Gasteiger partial charge is 0.261 e. The van der Waals surface area contributed by atoms with Gasteiger partial charge in [0, 0.05) is 18.6 Å². The number of hydrogen-bond acceptors (Lipinski definition) is 3. The van der Waals surface area contributed by atoms with Crippen molar-refractivity contribution in [3.8, 4) is 0 Å². The largest absolute Gasteiger partial charge is 0.376 e. The third-order valence-electron chi connectivity index (χ3n) is 3.02. The minimum absolute atomic E-state index is 0.248. The molecule has 0 heterocycles. The summed E-state index contributed by atoms with van der Waals surface area (Å²) < 4.78 is 28.4. The molecule has 21 heavy (non-hydrogen) atoms. The molecule has 2 rings (SSSR count). The Morgan fingerprint density at radius 1 is 1.05 bits per heavy atom. The quantitative estimate of drug-likeness (QED) is 0.896. The first-order valence-corrected chi connectivity index (χ1v) is 8.63. The molecule has 4 nitrogen and oxygen atoms in total. The van der Waals surface area contributed by atoms with Gasteiger partial charge in [0.15, 0.2) is 0 Å². The number of halogens is 1. The summed E-state index contributed by atoms with van der Waals surface area (Å²) in [5.74, 6) is 0. The Balaban J connectivity index is 2.41. The summed E-state index contributed by atoms with van der Waals surface area (Å²) in [6.45, 7) is 1.92. The van der Waals surface area contributed by atoms with Crippen LogP contribution in [-0.4, -0.2) is 22.5 Å². The van der Waals surface area contributed by atoms with Crippen LogP contribution in [0.25, 0.3) is 0 Å². The highest BCUT2D eigenvalue weighted by Gasteiger charge is 2.16. The highest BCUT2D eigenvalue weighted by molar-refractivity contribution is 9.10. The average molecular weight is 369 g/mol. The van der Waals surface area contributed by atoms with Crippen molar-refractivity contribution in [1.29, 1.82) is 0 Å². The van der Waals surface area contributed by atoms with Crippen LogP contribution in [0.4, 0.5) is 11.4 Å². The van der Waals surface area contributed by atoms with E-state index in [4.69, 9.17) is 0 Å². The molecule has 0 unspecified atom stereocenters. The SMILES string of the molecule is Cc1ccc(S(=O)(=O)Nc2cc(Br)ccc2N(C)C)cc1. The normalized spacial score (nSPS) is 11.2. The Morgan fingerprint density at radius 3 is 2.24 bits per heavy atom. The van der Waals surface area contributed by atoms with Crippen LogP contribution in [0.15, 0.2) is 51.8 Å². The molecule has 0 bridgehead atoms. The van der Waals surface area contributed by atoms with Crippen LogP contribution in [-0.2, 0) is 10.0 Å². The van der Waals surface area contributed by atoms with Gasteiger partial charge in [-0.25, -0.2) is 8.42 Å². The maximum atomic E-state index is 12.5. The van der Waals surface area contributed by atoms with Crippen molar-refractivity contribution in [3.63, 3.8) is 0 Å². The molecule has 0 aromatic heterocycles. The molecule has 0 aliphatic heterocycles. The first kappa shape index (κ1) is 15.9. The summed E-state index contributed by atoms with van der Waals surface area (Å²) in [6, 6.07) is 12.2. The van der Waals surface area contributed by atoms with Gasteiger partial charge in [-0.05, 0) is 37.3 Å². The van der Waals surface area contributed by atoms with Crippen LogP contribution < -0.4 is 9.62 Å². The van der Waals surface area contributed by atoms with E-state index < -0.39 is 10.0 Å². The molecule has 0 radical (unpaired) electrons. The van der Waals surface area contributed by atoms with Crippen molar-refractivity contribution < 1.29 is 8.42 Å². The Bertz CT molecular complexity index is 741. The molecule has 2 aromatic carbocycles. The highest BCUT2D eigenvalue weighted by Crippen LogP contribution is 2.30. The maximum Gasteiger partial charge on any atom is 0.261 e. The van der Waals surface area contributed by atoms with E-state index in [0.29, 0.717) is 5.69 Å². The third kappa shape index (κ3) is 3.77. The number of hydrogen-bond donors (Lipinski definition) is 1. The Hall–Kier alpha value is -1.53. The van der Waals surface area contributed by atoms with Gasteiger partial charge in [0.25, 0.3) is 10.0 Å². The number of aryl methyl sites for hydroxylation is 1. The zero-order valence-corrected chi connectivity index (χ0v) is 14.5. The fraction of sp³-hybridized carbons (Fsp3) is 0.200. The van der Waals surface area contributed by atoms with E-state index in [2.05, 4.69) is 20.7 Å². The molecular weight excluding hydrogens is 352 g/mol. The monoisotopic (exact) mass is 368 g/mol. The zero-order valence-electron chi connectivity index (χ0n) is 12.1. The lowest BCUT2D eigenvalue weighted by Gasteiger charge is -2.19. The van der Waals surface area contributed by atoms with Gasteiger partial charge in [-0.2, -0.15) is 0 Å². The van der Waals surface area contributed by atoms with Crippen molar-refractivity contribution in [2.24, 2.45) is 0 Å². The molecule has 1 N–H and O–H groups in total. The summed E-state index contributed by atoms with van der Waals surface area (Å²) in [5.41, 5.74) is 2.36. The van der Waals surface area contributed by atoms with Crippen LogP contribution in [0.1, 0.15) is 5.56 Å². The van der Waals surface area contributed by atoms with Gasteiger partial charge in [-0.3, -0.25) is 4.72 Å². The second-order valence-corrected chi connectivity index (χ2v) is 7.57. The summed E-state index contributed by atoms with van der Waals surface area (Å²) in [4.78, 5) is 2.11. The van der Waals surface area contributed by atoms with Gasteiger partial charge in [0.1, 0.15) is 0 Å². The van der Waals surface area contributed by atoms with Crippen LogP contribution >= 0.6 is 15.9 Å². The Labute approximate surface area is 134 Å². The van der Waals surface area contributed by atoms with Crippen molar-refractivity contribution in [3.05, 3.63) is 52.5 Å². The molecule has 6 heteroatoms. The predicted octanol–water partition coefficient (Wildman–Crippen LogP) is 3.62. The van der Waals surface area contributed by atoms with E-state index in [9.17, 15) is 8.42 Å². The van der Waals surface area contributed by atoms with E-state index in [1.54, 1.807) is 30.3 Å². The van der Waals surface area contributed by atoms with Gasteiger partial charge in [0.05, 0.1) is 16.3 Å². The summed E-state index contributed by atoms with van der Waals surface area (Å²) in [5, 5.41) is 0. The van der Waals surface area contributed by atoms with Crippen molar-refractivity contribution in [2.45, 2.75) is 11.8 Å². The highest BCUT2D eigenvalue weighted by atomic mass is 79.9. The summed E-state index contributed by atoms with van der Waals surface area (Å²) in [6.07, 6.45) is 0. The second kappa shape index (κ2) is 6.07. The van der Waals surface area contributed by atoms with E-state index in [0.717, 1.165) is 15.7 Å². The third-order valence-corrected chi connectivity index (χ3v) is 4.89. The molecule has 0 saturated heterocycles. The fourth-order valence-electron chi connectivity index (χ4n) is 1.90. The first-order valence-electron chi connectivity index (χ1n) is 6.36. The van der Waals surface area contributed by atoms with Crippen molar-refractivity contribution in [1.82, 2.24) is 0 Å². The fourth-order valence-corrected chi connectivity index (χ4v) is 3.33. The predicted molar refractivity (Wildman–Crippen MR) is 90.5 cm³/mol. The number of nitrogens with one attached hydrogen (secondary N) is 1. The second-order valence-electron chi connectivity index (χ2n) is 4.97. The van der Waals surface area contributed by atoms with E-state index >= 15 is 0 Å². The molecule has 0 saturated carbocycles. The van der Waals surface area contributed by atoms with E-state index in [1.165, 1.54) is 0 Å². The number of anilines is 2. The molecule has 2 aromatic rings. The lowest BCUT2D eigenvalue weighted by molar-refractivity contribution is 0.601. The van der Waals surface area contributed by atoms with Crippen molar-refractivity contribution >= 4 is 37.3 Å². The average Bonchev–Trinajstić information content (AvgIpc) is 2.38. The van der Waals surface area contributed by atoms with Crippen LogP contribution in [0.5, 0.6) is 0 Å². The van der Waals surface area contributed by atoms with Gasteiger partial charge >= 0.3 is 0 Å². The number of benzene rings is 2. The molecule has 0 spiro atoms. The molecule has 0 amide bonds. The molecule has 0 atom stereocenters. The van der Waals surface area contributed by atoms with E-state index in [1.807, 2.05) is 38.1 Å². The Kier molecular flexibility index (Phi) is 4.58. The van der Waals surface area contributed by atoms with Crippen LogP contribution in [0.2, 0.25) is 0 Å². The van der Waals surface area contributed by atoms with Crippen molar-refractivity contribution in [2.75, 3.05) is 23.7 Å². The summed E-state index contributed by atoms with van der Waals surface area (Å²) >= 11 is 3.37. The number of nitrogens with zero attached hydrogens (tertiary/aromatic N) is 1. The standard InChI is InChI=1S/C15H17BrN2O2S/c1-11-4-7-13(8-5-11)21(19,20)17-14-10-12(16)6-9-15(14)18(2)3/h4-10,17H,1-3H3.